The van der Waals surface area contributed by atoms with Gasteiger partial charge in [-0.3, -0.25) is 4.79 Å². The molecule has 1 atom stereocenters. The van der Waals surface area contributed by atoms with Gasteiger partial charge in [0.25, 0.3) is 0 Å². The summed E-state index contributed by atoms with van der Waals surface area (Å²) in [5.74, 6) is -0.256. The van der Waals surface area contributed by atoms with Crippen LogP contribution < -0.4 is 5.73 Å². The first kappa shape index (κ1) is 12.7. The predicted molar refractivity (Wildman–Crippen MR) is 64.1 cm³/mol. The van der Waals surface area contributed by atoms with Gasteiger partial charge in [-0.1, -0.05) is 30.3 Å². The highest BCUT2D eigenvalue weighted by Crippen LogP contribution is 2.29. The second-order valence-electron chi connectivity index (χ2n) is 4.56. The average Bonchev–Trinajstić information content (AvgIpc) is 2.25. The van der Waals surface area contributed by atoms with E-state index in [1.54, 1.807) is 0 Å². The van der Waals surface area contributed by atoms with Gasteiger partial charge in [0.05, 0.1) is 13.5 Å². The molecule has 0 amide bonds. The van der Waals surface area contributed by atoms with Crippen molar-refractivity contribution in [2.75, 3.05) is 7.11 Å². The molecule has 0 saturated carbocycles. The zero-order valence-corrected chi connectivity index (χ0v) is 10.1. The minimum atomic E-state index is -0.449. The summed E-state index contributed by atoms with van der Waals surface area (Å²) in [6, 6.07) is 9.82. The van der Waals surface area contributed by atoms with Crippen LogP contribution in [-0.2, 0) is 9.53 Å². The Hall–Kier alpha value is -1.35. The zero-order valence-electron chi connectivity index (χ0n) is 10.1. The van der Waals surface area contributed by atoms with Crippen molar-refractivity contribution >= 4 is 5.97 Å². The minimum Gasteiger partial charge on any atom is -0.469 e. The summed E-state index contributed by atoms with van der Waals surface area (Å²) < 4.78 is 4.70. The second-order valence-corrected chi connectivity index (χ2v) is 4.56. The molecule has 88 valence electrons. The van der Waals surface area contributed by atoms with E-state index in [0.717, 1.165) is 5.56 Å². The topological polar surface area (TPSA) is 52.3 Å². The fourth-order valence-electron chi connectivity index (χ4n) is 1.75. The first-order chi connectivity index (χ1) is 7.45. The fourth-order valence-corrected chi connectivity index (χ4v) is 1.75. The number of hydrogen-bond acceptors (Lipinski definition) is 3. The molecule has 2 N–H and O–H groups in total. The number of carbonyl (C=O) groups excluding carboxylic acids is 1. The van der Waals surface area contributed by atoms with Gasteiger partial charge in [-0.05, 0) is 19.4 Å². The fraction of sp³-hybridized carbons (Fsp3) is 0.462. The molecule has 16 heavy (non-hydrogen) atoms. The monoisotopic (exact) mass is 221 g/mol. The smallest absolute Gasteiger partial charge is 0.306 e. The molecule has 0 bridgehead atoms. The molecule has 0 fully saturated rings. The molecule has 0 saturated heterocycles. The molecular formula is C13H19NO2. The van der Waals surface area contributed by atoms with Crippen molar-refractivity contribution in [2.45, 2.75) is 31.7 Å². The summed E-state index contributed by atoms with van der Waals surface area (Å²) in [4.78, 5) is 11.4. The summed E-state index contributed by atoms with van der Waals surface area (Å²) in [7, 11) is 1.40. The first-order valence-corrected chi connectivity index (χ1v) is 5.36. The molecule has 3 nitrogen and oxygen atoms in total. The number of esters is 1. The lowest BCUT2D eigenvalue weighted by Crippen LogP contribution is -2.40. The van der Waals surface area contributed by atoms with Gasteiger partial charge >= 0.3 is 5.97 Å². The molecule has 1 rings (SSSR count). The van der Waals surface area contributed by atoms with E-state index in [4.69, 9.17) is 10.5 Å². The van der Waals surface area contributed by atoms with Gasteiger partial charge in [0.2, 0.25) is 0 Å². The molecule has 1 aromatic rings. The number of methoxy groups -OCH3 is 1. The lowest BCUT2D eigenvalue weighted by atomic mass is 9.80. The average molecular weight is 221 g/mol. The van der Waals surface area contributed by atoms with E-state index in [-0.39, 0.29) is 11.9 Å². The highest BCUT2D eigenvalue weighted by atomic mass is 16.5. The highest BCUT2D eigenvalue weighted by Gasteiger charge is 2.29. The van der Waals surface area contributed by atoms with Crippen molar-refractivity contribution in [1.82, 2.24) is 0 Å². The van der Waals surface area contributed by atoms with Gasteiger partial charge in [-0.25, -0.2) is 0 Å². The number of rotatable bonds is 4. The van der Waals surface area contributed by atoms with E-state index < -0.39 is 5.54 Å². The van der Waals surface area contributed by atoms with E-state index in [9.17, 15) is 4.79 Å². The van der Waals surface area contributed by atoms with Crippen LogP contribution in [0, 0.1) is 0 Å². The SMILES string of the molecule is COC(=O)CC(c1ccccc1)C(C)(C)N. The lowest BCUT2D eigenvalue weighted by Gasteiger charge is -2.30. The summed E-state index contributed by atoms with van der Waals surface area (Å²) in [6.45, 7) is 3.85. The Balaban J connectivity index is 2.93. The molecule has 0 aliphatic heterocycles. The van der Waals surface area contributed by atoms with E-state index in [1.165, 1.54) is 7.11 Å². The maximum absolute atomic E-state index is 11.4. The molecule has 0 aliphatic carbocycles. The van der Waals surface area contributed by atoms with Gasteiger partial charge in [0, 0.05) is 11.5 Å². The van der Waals surface area contributed by atoms with E-state index in [0.29, 0.717) is 6.42 Å². The molecule has 0 spiro atoms. The van der Waals surface area contributed by atoms with Crippen LogP contribution in [0.2, 0.25) is 0 Å². The van der Waals surface area contributed by atoms with Crippen LogP contribution in [0.15, 0.2) is 30.3 Å². The molecular weight excluding hydrogens is 202 g/mol. The van der Waals surface area contributed by atoms with Crippen LogP contribution in [0.3, 0.4) is 0 Å². The summed E-state index contributed by atoms with van der Waals surface area (Å²) in [5.41, 5.74) is 6.73. The number of benzene rings is 1. The van der Waals surface area contributed by atoms with Crippen LogP contribution >= 0.6 is 0 Å². The molecule has 0 aromatic heterocycles. The molecule has 0 aliphatic rings. The lowest BCUT2D eigenvalue weighted by molar-refractivity contribution is -0.141. The molecule has 3 heteroatoms. The predicted octanol–water partition coefficient (Wildman–Crippen LogP) is 2.07. The van der Waals surface area contributed by atoms with Crippen molar-refractivity contribution in [3.63, 3.8) is 0 Å². The van der Waals surface area contributed by atoms with E-state index in [1.807, 2.05) is 44.2 Å². The number of hydrogen-bond donors (Lipinski definition) is 1. The van der Waals surface area contributed by atoms with Crippen molar-refractivity contribution in [3.8, 4) is 0 Å². The third-order valence-electron chi connectivity index (χ3n) is 2.70. The first-order valence-electron chi connectivity index (χ1n) is 5.36. The second kappa shape index (κ2) is 5.12. The third kappa shape index (κ3) is 3.35. The maximum atomic E-state index is 11.4. The Morgan fingerprint density at radius 2 is 1.94 bits per heavy atom. The largest absolute Gasteiger partial charge is 0.469 e. The summed E-state index contributed by atoms with van der Waals surface area (Å²) in [6.07, 6.45) is 0.310. The highest BCUT2D eigenvalue weighted by molar-refractivity contribution is 5.70. The van der Waals surface area contributed by atoms with Crippen LogP contribution in [0.4, 0.5) is 0 Å². The minimum absolute atomic E-state index is 0.0267. The number of nitrogens with two attached hydrogens (primary N) is 1. The Morgan fingerprint density at radius 1 is 1.38 bits per heavy atom. The van der Waals surface area contributed by atoms with Crippen molar-refractivity contribution in [2.24, 2.45) is 5.73 Å². The summed E-state index contributed by atoms with van der Waals surface area (Å²) >= 11 is 0. The van der Waals surface area contributed by atoms with Crippen molar-refractivity contribution in [1.29, 1.82) is 0 Å². The van der Waals surface area contributed by atoms with E-state index >= 15 is 0 Å². The molecule has 1 aromatic carbocycles. The Kier molecular flexibility index (Phi) is 4.07. The van der Waals surface area contributed by atoms with Gasteiger partial charge in [0.15, 0.2) is 0 Å². The maximum Gasteiger partial charge on any atom is 0.306 e. The van der Waals surface area contributed by atoms with Crippen LogP contribution in [0.1, 0.15) is 31.7 Å². The van der Waals surface area contributed by atoms with Gasteiger partial charge in [-0.2, -0.15) is 0 Å². The van der Waals surface area contributed by atoms with Gasteiger partial charge in [-0.15, -0.1) is 0 Å². The standard InChI is InChI=1S/C13H19NO2/c1-13(2,14)11(9-12(15)16-3)10-7-5-4-6-8-10/h4-8,11H,9,14H2,1-3H3. The van der Waals surface area contributed by atoms with Crippen LogP contribution in [0.25, 0.3) is 0 Å². The molecule has 0 heterocycles. The normalized spacial score (nSPS) is 13.2. The zero-order chi connectivity index (χ0) is 12.2. The quantitative estimate of drug-likeness (QED) is 0.792. The Labute approximate surface area is 96.6 Å². The number of ether oxygens (including phenoxy) is 1. The Morgan fingerprint density at radius 3 is 2.38 bits per heavy atom. The van der Waals surface area contributed by atoms with Gasteiger partial charge < -0.3 is 10.5 Å². The van der Waals surface area contributed by atoms with E-state index in [2.05, 4.69) is 0 Å². The summed E-state index contributed by atoms with van der Waals surface area (Å²) in [5, 5.41) is 0. The van der Waals surface area contributed by atoms with Crippen LogP contribution in [-0.4, -0.2) is 18.6 Å². The third-order valence-corrected chi connectivity index (χ3v) is 2.70. The van der Waals surface area contributed by atoms with Crippen molar-refractivity contribution < 1.29 is 9.53 Å². The molecule has 0 radical (unpaired) electrons. The molecule has 1 unspecified atom stereocenters. The number of carbonyl (C=O) groups is 1. The Bertz CT molecular complexity index is 341. The van der Waals surface area contributed by atoms with Crippen LogP contribution in [0.5, 0.6) is 0 Å². The van der Waals surface area contributed by atoms with Gasteiger partial charge in [0.1, 0.15) is 0 Å². The van der Waals surface area contributed by atoms with Crippen molar-refractivity contribution in [3.05, 3.63) is 35.9 Å².